The monoisotopic (exact) mass is 262 g/mol. The van der Waals surface area contributed by atoms with Crippen molar-refractivity contribution < 1.29 is 0 Å². The van der Waals surface area contributed by atoms with Crippen LogP contribution in [0.4, 0.5) is 5.13 Å². The van der Waals surface area contributed by atoms with Gasteiger partial charge in [-0.1, -0.05) is 18.3 Å². The van der Waals surface area contributed by atoms with Gasteiger partial charge < -0.3 is 5.32 Å². The number of hydrogen-bond acceptors (Lipinski definition) is 5. The molecule has 13 heavy (non-hydrogen) atoms. The summed E-state index contributed by atoms with van der Waals surface area (Å²) in [6.07, 6.45) is 0. The van der Waals surface area contributed by atoms with E-state index in [4.69, 9.17) is 0 Å². The van der Waals surface area contributed by atoms with E-state index in [0.717, 1.165) is 28.7 Å². The Hall–Kier alpha value is -0.200. The third-order valence-corrected chi connectivity index (χ3v) is 3.42. The highest BCUT2D eigenvalue weighted by atomic mass is 79.9. The summed E-state index contributed by atoms with van der Waals surface area (Å²) in [5.41, 5.74) is 0. The van der Waals surface area contributed by atoms with Gasteiger partial charge in [-0.25, -0.2) is 0 Å². The van der Waals surface area contributed by atoms with Gasteiger partial charge in [-0.15, -0.1) is 10.2 Å². The largest absolute Gasteiger partial charge is 0.355 e. The summed E-state index contributed by atoms with van der Waals surface area (Å²) in [7, 11) is 0. The van der Waals surface area contributed by atoms with Crippen LogP contribution in [0.25, 0.3) is 0 Å². The van der Waals surface area contributed by atoms with Gasteiger partial charge in [0.15, 0.2) is 3.92 Å². The minimum Gasteiger partial charge on any atom is -0.355 e. The van der Waals surface area contributed by atoms with E-state index in [-0.39, 0.29) is 0 Å². The maximum atomic E-state index is 3.98. The van der Waals surface area contributed by atoms with Gasteiger partial charge in [0.2, 0.25) is 5.13 Å². The first kappa shape index (κ1) is 9.36. The molecule has 0 aliphatic carbocycles. The Labute approximate surface area is 89.5 Å². The summed E-state index contributed by atoms with van der Waals surface area (Å²) in [5, 5.41) is 12.1. The normalized spacial score (nSPS) is 18.6. The van der Waals surface area contributed by atoms with E-state index >= 15 is 0 Å². The summed E-state index contributed by atoms with van der Waals surface area (Å²) in [4.78, 5) is 2.38. The Morgan fingerprint density at radius 2 is 2.38 bits per heavy atom. The lowest BCUT2D eigenvalue weighted by Gasteiger charge is -2.38. The van der Waals surface area contributed by atoms with Crippen molar-refractivity contribution in [1.29, 1.82) is 0 Å². The lowest BCUT2D eigenvalue weighted by atomic mass is 10.1. The Morgan fingerprint density at radius 3 is 2.92 bits per heavy atom. The molecule has 1 aliphatic rings. The van der Waals surface area contributed by atoms with Crippen LogP contribution in [0.3, 0.4) is 0 Å². The second-order valence-electron chi connectivity index (χ2n) is 3.05. The van der Waals surface area contributed by atoms with Crippen molar-refractivity contribution in [3.05, 3.63) is 3.92 Å². The molecule has 2 rings (SSSR count). The molecular weight excluding hydrogens is 252 g/mol. The number of likely N-dealkylation sites (tertiary alicyclic amines) is 1. The maximum Gasteiger partial charge on any atom is 0.206 e. The quantitative estimate of drug-likeness (QED) is 0.895. The summed E-state index contributed by atoms with van der Waals surface area (Å²) < 4.78 is 0.835. The highest BCUT2D eigenvalue weighted by Gasteiger charge is 2.25. The van der Waals surface area contributed by atoms with E-state index in [1.807, 2.05) is 0 Å². The average molecular weight is 263 g/mol. The van der Waals surface area contributed by atoms with Gasteiger partial charge >= 0.3 is 0 Å². The first-order valence-corrected chi connectivity index (χ1v) is 5.86. The van der Waals surface area contributed by atoms with Crippen molar-refractivity contribution in [1.82, 2.24) is 15.1 Å². The fourth-order valence-corrected chi connectivity index (χ4v) is 2.45. The second kappa shape index (κ2) is 3.89. The van der Waals surface area contributed by atoms with E-state index in [9.17, 15) is 0 Å². The van der Waals surface area contributed by atoms with Crippen molar-refractivity contribution in [2.24, 2.45) is 0 Å². The van der Waals surface area contributed by atoms with Gasteiger partial charge in [0.1, 0.15) is 0 Å². The van der Waals surface area contributed by atoms with Crippen LogP contribution in [-0.4, -0.2) is 40.8 Å². The highest BCUT2D eigenvalue weighted by Crippen LogP contribution is 2.22. The molecule has 1 aromatic rings. The van der Waals surface area contributed by atoms with E-state index in [0.29, 0.717) is 6.04 Å². The fourth-order valence-electron chi connectivity index (χ4n) is 1.36. The lowest BCUT2D eigenvalue weighted by molar-refractivity contribution is 0.171. The zero-order valence-electron chi connectivity index (χ0n) is 7.33. The van der Waals surface area contributed by atoms with Crippen LogP contribution >= 0.6 is 27.3 Å². The molecule has 0 radical (unpaired) electrons. The molecule has 2 heterocycles. The third-order valence-electron chi connectivity index (χ3n) is 2.13. The summed E-state index contributed by atoms with van der Waals surface area (Å²) in [6, 6.07) is 0.555. The Balaban J connectivity index is 1.81. The van der Waals surface area contributed by atoms with Crippen molar-refractivity contribution in [3.63, 3.8) is 0 Å². The predicted octanol–water partition coefficient (Wildman–Crippen LogP) is 1.42. The number of rotatable bonds is 3. The van der Waals surface area contributed by atoms with E-state index in [2.05, 4.69) is 43.3 Å². The highest BCUT2D eigenvalue weighted by molar-refractivity contribution is 9.11. The summed E-state index contributed by atoms with van der Waals surface area (Å²) in [6.45, 7) is 5.55. The molecule has 1 fully saturated rings. The molecule has 4 nitrogen and oxygen atoms in total. The number of halogens is 1. The lowest BCUT2D eigenvalue weighted by Crippen LogP contribution is -2.54. The van der Waals surface area contributed by atoms with Crippen LogP contribution < -0.4 is 5.32 Å². The van der Waals surface area contributed by atoms with E-state index in [1.54, 1.807) is 0 Å². The summed E-state index contributed by atoms with van der Waals surface area (Å²) in [5.74, 6) is 0. The number of nitrogens with one attached hydrogen (secondary N) is 1. The third kappa shape index (κ3) is 2.18. The SMILES string of the molecule is CCN1CC(Nc2nnc(Br)s2)C1. The molecule has 0 saturated carbocycles. The minimum absolute atomic E-state index is 0.555. The van der Waals surface area contributed by atoms with Crippen LogP contribution in [0.15, 0.2) is 3.92 Å². The molecule has 1 saturated heterocycles. The number of nitrogens with zero attached hydrogens (tertiary/aromatic N) is 3. The van der Waals surface area contributed by atoms with Crippen LogP contribution in [0.5, 0.6) is 0 Å². The molecule has 0 amide bonds. The van der Waals surface area contributed by atoms with Crippen LogP contribution in [-0.2, 0) is 0 Å². The zero-order chi connectivity index (χ0) is 9.26. The van der Waals surface area contributed by atoms with Gasteiger partial charge in [0, 0.05) is 13.1 Å². The minimum atomic E-state index is 0.555. The van der Waals surface area contributed by atoms with Crippen LogP contribution in [0.2, 0.25) is 0 Å². The van der Waals surface area contributed by atoms with E-state index < -0.39 is 0 Å². The zero-order valence-corrected chi connectivity index (χ0v) is 9.73. The first-order chi connectivity index (χ1) is 6.28. The van der Waals surface area contributed by atoms with Gasteiger partial charge in [-0.05, 0) is 22.5 Å². The van der Waals surface area contributed by atoms with Gasteiger partial charge in [-0.2, -0.15) is 0 Å². The van der Waals surface area contributed by atoms with Crippen molar-refractivity contribution in [3.8, 4) is 0 Å². The number of hydrogen-bond donors (Lipinski definition) is 1. The molecular formula is C7H11BrN4S. The van der Waals surface area contributed by atoms with E-state index in [1.165, 1.54) is 11.3 Å². The standard InChI is InChI=1S/C7H11BrN4S/c1-2-12-3-5(4-12)9-7-11-10-6(8)13-7/h5H,2-4H2,1H3,(H,9,11). The van der Waals surface area contributed by atoms with Gasteiger partial charge in [-0.3, -0.25) is 4.90 Å². The molecule has 6 heteroatoms. The molecule has 1 N–H and O–H groups in total. The Morgan fingerprint density at radius 1 is 1.62 bits per heavy atom. The van der Waals surface area contributed by atoms with Gasteiger partial charge in [0.05, 0.1) is 6.04 Å². The fraction of sp³-hybridized carbons (Fsp3) is 0.714. The van der Waals surface area contributed by atoms with Crippen LogP contribution in [0.1, 0.15) is 6.92 Å². The molecule has 1 aromatic heterocycles. The average Bonchev–Trinajstić information content (AvgIpc) is 2.43. The smallest absolute Gasteiger partial charge is 0.206 e. The van der Waals surface area contributed by atoms with Crippen molar-refractivity contribution in [2.45, 2.75) is 13.0 Å². The summed E-state index contributed by atoms with van der Waals surface area (Å²) >= 11 is 4.82. The topological polar surface area (TPSA) is 41.0 Å². The Bertz CT molecular complexity index is 284. The van der Waals surface area contributed by atoms with Crippen molar-refractivity contribution >= 4 is 32.4 Å². The first-order valence-electron chi connectivity index (χ1n) is 4.26. The second-order valence-corrected chi connectivity index (χ2v) is 5.31. The molecule has 0 unspecified atom stereocenters. The number of aromatic nitrogens is 2. The van der Waals surface area contributed by atoms with Crippen molar-refractivity contribution in [2.75, 3.05) is 25.0 Å². The van der Waals surface area contributed by atoms with Crippen LogP contribution in [0, 0.1) is 0 Å². The molecule has 0 spiro atoms. The maximum absolute atomic E-state index is 3.98. The Kier molecular flexibility index (Phi) is 2.80. The molecule has 72 valence electrons. The molecule has 1 aliphatic heterocycles. The van der Waals surface area contributed by atoms with Gasteiger partial charge in [0.25, 0.3) is 0 Å². The molecule has 0 bridgehead atoms. The predicted molar refractivity (Wildman–Crippen MR) is 57.1 cm³/mol. The number of anilines is 1. The number of likely N-dealkylation sites (N-methyl/N-ethyl adjacent to an activating group) is 1. The molecule has 0 atom stereocenters. The molecule has 0 aromatic carbocycles.